The van der Waals surface area contributed by atoms with E-state index >= 15 is 0 Å². The highest BCUT2D eigenvalue weighted by Crippen LogP contribution is 2.46. The molecule has 102 valence electrons. The SMILES string of the molecule is CC1CC(C(=O)NC(C)c2cccnc2)(C(N)=S)C1. The molecule has 1 fully saturated rings. The highest BCUT2D eigenvalue weighted by molar-refractivity contribution is 7.80. The van der Waals surface area contributed by atoms with E-state index in [1.165, 1.54) is 0 Å². The maximum absolute atomic E-state index is 12.4. The fourth-order valence-corrected chi connectivity index (χ4v) is 2.94. The van der Waals surface area contributed by atoms with Crippen molar-refractivity contribution in [2.24, 2.45) is 17.1 Å². The van der Waals surface area contributed by atoms with Crippen LogP contribution in [0.3, 0.4) is 0 Å². The first kappa shape index (κ1) is 13.9. The number of amides is 1. The van der Waals surface area contributed by atoms with Crippen molar-refractivity contribution in [2.75, 3.05) is 0 Å². The van der Waals surface area contributed by atoms with Crippen LogP contribution < -0.4 is 11.1 Å². The minimum Gasteiger partial charge on any atom is -0.392 e. The summed E-state index contributed by atoms with van der Waals surface area (Å²) >= 11 is 5.08. The number of nitrogens with one attached hydrogen (secondary N) is 1. The molecule has 1 aliphatic rings. The van der Waals surface area contributed by atoms with Crippen LogP contribution in [0.25, 0.3) is 0 Å². The van der Waals surface area contributed by atoms with Crippen LogP contribution >= 0.6 is 12.2 Å². The van der Waals surface area contributed by atoms with Gasteiger partial charge in [0.2, 0.25) is 5.91 Å². The lowest BCUT2D eigenvalue weighted by molar-refractivity contribution is -0.133. The molecule has 3 N–H and O–H groups in total. The van der Waals surface area contributed by atoms with E-state index in [9.17, 15) is 4.79 Å². The van der Waals surface area contributed by atoms with Crippen LogP contribution in [0.2, 0.25) is 0 Å². The number of pyridine rings is 1. The third kappa shape index (κ3) is 2.61. The Balaban J connectivity index is 2.07. The molecule has 0 spiro atoms. The number of carbonyl (C=O) groups is 1. The Hall–Kier alpha value is -1.49. The lowest BCUT2D eigenvalue weighted by Gasteiger charge is -2.44. The van der Waals surface area contributed by atoms with Gasteiger partial charge in [-0.25, -0.2) is 0 Å². The van der Waals surface area contributed by atoms with Gasteiger partial charge in [0.1, 0.15) is 0 Å². The van der Waals surface area contributed by atoms with Crippen LogP contribution in [-0.4, -0.2) is 15.9 Å². The number of rotatable bonds is 4. The summed E-state index contributed by atoms with van der Waals surface area (Å²) in [5, 5.41) is 2.99. The predicted molar refractivity (Wildman–Crippen MR) is 78.4 cm³/mol. The largest absolute Gasteiger partial charge is 0.392 e. The van der Waals surface area contributed by atoms with Crippen LogP contribution in [0.5, 0.6) is 0 Å². The zero-order valence-corrected chi connectivity index (χ0v) is 12.0. The zero-order valence-electron chi connectivity index (χ0n) is 11.2. The second-order valence-electron chi connectivity index (χ2n) is 5.44. The molecule has 1 saturated carbocycles. The number of nitrogens with two attached hydrogens (primary N) is 1. The van der Waals surface area contributed by atoms with E-state index in [1.54, 1.807) is 12.4 Å². The first-order chi connectivity index (χ1) is 8.95. The fraction of sp³-hybridized carbons (Fsp3) is 0.500. The first-order valence-electron chi connectivity index (χ1n) is 6.46. The second-order valence-corrected chi connectivity index (χ2v) is 5.88. The summed E-state index contributed by atoms with van der Waals surface area (Å²) in [5.41, 5.74) is 6.09. The molecule has 0 saturated heterocycles. The Morgan fingerprint density at radius 1 is 1.63 bits per heavy atom. The summed E-state index contributed by atoms with van der Waals surface area (Å²) in [6, 6.07) is 3.70. The number of hydrogen-bond donors (Lipinski definition) is 2. The highest BCUT2D eigenvalue weighted by Gasteiger charge is 2.51. The maximum atomic E-state index is 12.4. The molecule has 0 radical (unpaired) electrons. The van der Waals surface area contributed by atoms with Crippen molar-refractivity contribution in [1.82, 2.24) is 10.3 Å². The molecule has 0 aliphatic heterocycles. The summed E-state index contributed by atoms with van der Waals surface area (Å²) in [6.07, 6.45) is 4.95. The van der Waals surface area contributed by atoms with Crippen LogP contribution in [0.4, 0.5) is 0 Å². The minimum atomic E-state index is -0.648. The van der Waals surface area contributed by atoms with E-state index in [-0.39, 0.29) is 11.9 Å². The van der Waals surface area contributed by atoms with E-state index in [0.29, 0.717) is 10.9 Å². The molecule has 1 heterocycles. The van der Waals surface area contributed by atoms with Gasteiger partial charge in [0, 0.05) is 12.4 Å². The number of nitrogens with zero attached hydrogens (tertiary/aromatic N) is 1. The van der Waals surface area contributed by atoms with Crippen molar-refractivity contribution in [3.63, 3.8) is 0 Å². The van der Waals surface area contributed by atoms with Crippen molar-refractivity contribution in [1.29, 1.82) is 0 Å². The Kier molecular flexibility index (Phi) is 3.85. The van der Waals surface area contributed by atoms with E-state index in [2.05, 4.69) is 17.2 Å². The number of hydrogen-bond acceptors (Lipinski definition) is 3. The van der Waals surface area contributed by atoms with Gasteiger partial charge in [-0.1, -0.05) is 25.2 Å². The van der Waals surface area contributed by atoms with Gasteiger partial charge in [-0.2, -0.15) is 0 Å². The minimum absolute atomic E-state index is 0.0607. The Morgan fingerprint density at radius 2 is 2.32 bits per heavy atom. The van der Waals surface area contributed by atoms with E-state index in [0.717, 1.165) is 18.4 Å². The van der Waals surface area contributed by atoms with E-state index in [4.69, 9.17) is 18.0 Å². The molecular weight excluding hydrogens is 258 g/mol. The number of thiocarbonyl (C=S) groups is 1. The van der Waals surface area contributed by atoms with Crippen LogP contribution in [0, 0.1) is 11.3 Å². The van der Waals surface area contributed by atoms with Crippen molar-refractivity contribution >= 4 is 23.1 Å². The number of aromatic nitrogens is 1. The Bertz CT molecular complexity index is 483. The van der Waals surface area contributed by atoms with Gasteiger partial charge in [-0.05, 0) is 37.3 Å². The van der Waals surface area contributed by atoms with Crippen molar-refractivity contribution < 1.29 is 4.79 Å². The summed E-state index contributed by atoms with van der Waals surface area (Å²) in [4.78, 5) is 16.8. The standard InChI is InChI=1S/C14H19N3OS/c1-9-6-14(7-9,12(15)19)13(18)17-10(2)11-4-3-5-16-8-11/h3-5,8-10H,6-7H2,1-2H3,(H2,15,19)(H,17,18). The van der Waals surface area contributed by atoms with Crippen LogP contribution in [0.1, 0.15) is 38.3 Å². The Labute approximate surface area is 118 Å². The van der Waals surface area contributed by atoms with Gasteiger partial charge in [-0.15, -0.1) is 0 Å². The van der Waals surface area contributed by atoms with Gasteiger partial charge < -0.3 is 11.1 Å². The molecule has 1 atom stereocenters. The third-order valence-electron chi connectivity index (χ3n) is 3.83. The van der Waals surface area contributed by atoms with E-state index in [1.807, 2.05) is 19.1 Å². The third-order valence-corrected chi connectivity index (χ3v) is 4.22. The molecular formula is C14H19N3OS. The molecule has 0 aromatic carbocycles. The molecule has 2 rings (SSSR count). The normalized spacial score (nSPS) is 27.2. The van der Waals surface area contributed by atoms with Crippen LogP contribution in [-0.2, 0) is 4.79 Å². The van der Waals surface area contributed by atoms with Gasteiger partial charge in [0.25, 0.3) is 0 Å². The van der Waals surface area contributed by atoms with Crippen molar-refractivity contribution in [3.8, 4) is 0 Å². The average molecular weight is 277 g/mol. The quantitative estimate of drug-likeness (QED) is 0.826. The van der Waals surface area contributed by atoms with Gasteiger partial charge in [0.15, 0.2) is 0 Å². The van der Waals surface area contributed by atoms with Gasteiger partial charge >= 0.3 is 0 Å². The molecule has 1 aromatic heterocycles. The highest BCUT2D eigenvalue weighted by atomic mass is 32.1. The van der Waals surface area contributed by atoms with Crippen molar-refractivity contribution in [3.05, 3.63) is 30.1 Å². The summed E-state index contributed by atoms with van der Waals surface area (Å²) < 4.78 is 0. The predicted octanol–water partition coefficient (Wildman–Crippen LogP) is 1.96. The molecule has 1 aromatic rings. The molecule has 1 aliphatic carbocycles. The lowest BCUT2D eigenvalue weighted by atomic mass is 9.62. The van der Waals surface area contributed by atoms with Crippen molar-refractivity contribution in [2.45, 2.75) is 32.7 Å². The fourth-order valence-electron chi connectivity index (χ4n) is 2.68. The van der Waals surface area contributed by atoms with Gasteiger partial charge in [0.05, 0.1) is 16.4 Å². The smallest absolute Gasteiger partial charge is 0.233 e. The zero-order chi connectivity index (χ0) is 14.0. The average Bonchev–Trinajstić information content (AvgIpc) is 2.35. The monoisotopic (exact) mass is 277 g/mol. The molecule has 1 unspecified atom stereocenters. The number of carbonyl (C=O) groups excluding carboxylic acids is 1. The Morgan fingerprint density at radius 3 is 2.79 bits per heavy atom. The lowest BCUT2D eigenvalue weighted by Crippen LogP contribution is -2.56. The first-order valence-corrected chi connectivity index (χ1v) is 6.87. The topological polar surface area (TPSA) is 68.0 Å². The summed E-state index contributed by atoms with van der Waals surface area (Å²) in [5.74, 6) is 0.440. The molecule has 5 heteroatoms. The molecule has 19 heavy (non-hydrogen) atoms. The molecule has 4 nitrogen and oxygen atoms in total. The van der Waals surface area contributed by atoms with Crippen LogP contribution in [0.15, 0.2) is 24.5 Å². The van der Waals surface area contributed by atoms with Gasteiger partial charge in [-0.3, -0.25) is 9.78 Å². The summed E-state index contributed by atoms with van der Waals surface area (Å²) in [7, 11) is 0. The second kappa shape index (κ2) is 5.25. The maximum Gasteiger partial charge on any atom is 0.233 e. The van der Waals surface area contributed by atoms with E-state index < -0.39 is 5.41 Å². The summed E-state index contributed by atoms with van der Waals surface area (Å²) in [6.45, 7) is 4.04. The molecule has 0 bridgehead atoms. The molecule has 1 amide bonds.